The summed E-state index contributed by atoms with van der Waals surface area (Å²) in [5.41, 5.74) is 0.683. The monoisotopic (exact) mass is 229 g/mol. The molecule has 0 heterocycles. The predicted molar refractivity (Wildman–Crippen MR) is 67.8 cm³/mol. The van der Waals surface area contributed by atoms with Crippen molar-refractivity contribution in [3.8, 4) is 11.8 Å². The SMILES string of the molecule is CC1CCC(Oc2ccc(C#N)cc2)CC1C. The van der Waals surface area contributed by atoms with E-state index in [1.54, 1.807) is 0 Å². The third-order valence-corrected chi connectivity index (χ3v) is 3.84. The molecule has 0 saturated heterocycles. The smallest absolute Gasteiger partial charge is 0.119 e. The second-order valence-electron chi connectivity index (χ2n) is 5.14. The van der Waals surface area contributed by atoms with Gasteiger partial charge in [-0.1, -0.05) is 13.8 Å². The molecule has 1 aromatic rings. The summed E-state index contributed by atoms with van der Waals surface area (Å²) in [6.07, 6.45) is 3.88. The summed E-state index contributed by atoms with van der Waals surface area (Å²) >= 11 is 0. The van der Waals surface area contributed by atoms with Crippen LogP contribution in [0.25, 0.3) is 0 Å². The van der Waals surface area contributed by atoms with Crippen molar-refractivity contribution in [1.82, 2.24) is 0 Å². The van der Waals surface area contributed by atoms with Crippen LogP contribution in [0.3, 0.4) is 0 Å². The maximum atomic E-state index is 8.72. The summed E-state index contributed by atoms with van der Waals surface area (Å²) < 4.78 is 5.96. The largest absolute Gasteiger partial charge is 0.490 e. The van der Waals surface area contributed by atoms with E-state index in [1.807, 2.05) is 24.3 Å². The zero-order valence-corrected chi connectivity index (χ0v) is 10.5. The van der Waals surface area contributed by atoms with Crippen LogP contribution >= 0.6 is 0 Å². The third kappa shape index (κ3) is 3.00. The van der Waals surface area contributed by atoms with Gasteiger partial charge in [0.05, 0.1) is 17.7 Å². The van der Waals surface area contributed by atoms with E-state index in [-0.39, 0.29) is 0 Å². The standard InChI is InChI=1S/C15H19NO/c1-11-3-6-15(9-12(11)2)17-14-7-4-13(10-16)5-8-14/h4-5,7-8,11-12,15H,3,6,9H2,1-2H3. The molecule has 0 N–H and O–H groups in total. The number of nitriles is 1. The first-order valence-electron chi connectivity index (χ1n) is 6.36. The minimum Gasteiger partial charge on any atom is -0.490 e. The van der Waals surface area contributed by atoms with Crippen molar-refractivity contribution in [1.29, 1.82) is 5.26 Å². The van der Waals surface area contributed by atoms with Crippen LogP contribution in [0.1, 0.15) is 38.7 Å². The van der Waals surface area contributed by atoms with Crippen LogP contribution in [-0.4, -0.2) is 6.10 Å². The number of hydrogen-bond acceptors (Lipinski definition) is 2. The molecule has 1 aliphatic carbocycles. The van der Waals surface area contributed by atoms with E-state index in [4.69, 9.17) is 10.00 Å². The fourth-order valence-electron chi connectivity index (χ4n) is 2.41. The van der Waals surface area contributed by atoms with Crippen LogP contribution in [0, 0.1) is 23.2 Å². The Morgan fingerprint density at radius 1 is 1.12 bits per heavy atom. The zero-order valence-electron chi connectivity index (χ0n) is 10.5. The first-order chi connectivity index (χ1) is 8.19. The Labute approximate surface area is 103 Å². The number of ether oxygens (including phenoxy) is 1. The zero-order chi connectivity index (χ0) is 12.3. The second kappa shape index (κ2) is 5.23. The van der Waals surface area contributed by atoms with Crippen LogP contribution in [0.15, 0.2) is 24.3 Å². The number of nitrogens with zero attached hydrogens (tertiary/aromatic N) is 1. The molecule has 1 fully saturated rings. The van der Waals surface area contributed by atoms with Crippen molar-refractivity contribution in [2.24, 2.45) is 11.8 Å². The first-order valence-corrected chi connectivity index (χ1v) is 6.36. The minimum atomic E-state index is 0.342. The molecule has 17 heavy (non-hydrogen) atoms. The van der Waals surface area contributed by atoms with E-state index in [9.17, 15) is 0 Å². The molecule has 90 valence electrons. The van der Waals surface area contributed by atoms with Crippen molar-refractivity contribution < 1.29 is 4.74 Å². The van der Waals surface area contributed by atoms with Crippen LogP contribution in [0.2, 0.25) is 0 Å². The van der Waals surface area contributed by atoms with Gasteiger partial charge >= 0.3 is 0 Å². The van der Waals surface area contributed by atoms with Crippen molar-refractivity contribution in [2.45, 2.75) is 39.2 Å². The lowest BCUT2D eigenvalue weighted by atomic mass is 9.80. The molecule has 3 unspecified atom stereocenters. The second-order valence-corrected chi connectivity index (χ2v) is 5.14. The van der Waals surface area contributed by atoms with Crippen molar-refractivity contribution in [3.05, 3.63) is 29.8 Å². The molecule has 1 aromatic carbocycles. The normalized spacial score (nSPS) is 28.4. The first kappa shape index (κ1) is 12.0. The van der Waals surface area contributed by atoms with Crippen molar-refractivity contribution in [3.63, 3.8) is 0 Å². The van der Waals surface area contributed by atoms with Crippen LogP contribution in [-0.2, 0) is 0 Å². The Kier molecular flexibility index (Phi) is 3.68. The average Bonchev–Trinajstić information content (AvgIpc) is 2.35. The molecule has 0 radical (unpaired) electrons. The Morgan fingerprint density at radius 2 is 1.82 bits per heavy atom. The van der Waals surface area contributed by atoms with Gasteiger partial charge in [-0.05, 0) is 55.4 Å². The van der Waals surface area contributed by atoms with Gasteiger partial charge in [0, 0.05) is 0 Å². The maximum absolute atomic E-state index is 8.72. The van der Waals surface area contributed by atoms with Gasteiger partial charge in [-0.3, -0.25) is 0 Å². The topological polar surface area (TPSA) is 33.0 Å². The minimum absolute atomic E-state index is 0.342. The highest BCUT2D eigenvalue weighted by Gasteiger charge is 2.25. The van der Waals surface area contributed by atoms with Crippen LogP contribution < -0.4 is 4.74 Å². The molecule has 0 spiro atoms. The molecule has 0 amide bonds. The number of rotatable bonds is 2. The summed E-state index contributed by atoms with van der Waals surface area (Å²) in [4.78, 5) is 0. The van der Waals surface area contributed by atoms with Crippen LogP contribution in [0.4, 0.5) is 0 Å². The summed E-state index contributed by atoms with van der Waals surface area (Å²) in [6.45, 7) is 4.63. The fraction of sp³-hybridized carbons (Fsp3) is 0.533. The summed E-state index contributed by atoms with van der Waals surface area (Å²) in [7, 11) is 0. The molecular formula is C15H19NO. The Hall–Kier alpha value is -1.49. The molecule has 2 nitrogen and oxygen atoms in total. The van der Waals surface area contributed by atoms with Gasteiger partial charge < -0.3 is 4.74 Å². The molecule has 2 heteroatoms. The summed E-state index contributed by atoms with van der Waals surface area (Å²) in [6, 6.07) is 9.51. The van der Waals surface area contributed by atoms with E-state index >= 15 is 0 Å². The highest BCUT2D eigenvalue weighted by molar-refractivity contribution is 5.34. The van der Waals surface area contributed by atoms with E-state index < -0.39 is 0 Å². The summed E-state index contributed by atoms with van der Waals surface area (Å²) in [5.74, 6) is 2.44. The number of hydrogen-bond donors (Lipinski definition) is 0. The van der Waals surface area contributed by atoms with E-state index in [0.717, 1.165) is 30.4 Å². The lowest BCUT2D eigenvalue weighted by Gasteiger charge is -2.32. The predicted octanol–water partition coefficient (Wildman–Crippen LogP) is 3.76. The van der Waals surface area contributed by atoms with Gasteiger partial charge in [0.15, 0.2) is 0 Å². The Balaban J connectivity index is 1.94. The molecule has 3 atom stereocenters. The van der Waals surface area contributed by atoms with Gasteiger partial charge in [-0.2, -0.15) is 5.26 Å². The fourth-order valence-corrected chi connectivity index (χ4v) is 2.41. The maximum Gasteiger partial charge on any atom is 0.119 e. The van der Waals surface area contributed by atoms with Gasteiger partial charge in [-0.25, -0.2) is 0 Å². The van der Waals surface area contributed by atoms with Crippen molar-refractivity contribution >= 4 is 0 Å². The number of benzene rings is 1. The molecule has 1 aliphatic rings. The third-order valence-electron chi connectivity index (χ3n) is 3.84. The van der Waals surface area contributed by atoms with Crippen LogP contribution in [0.5, 0.6) is 5.75 Å². The van der Waals surface area contributed by atoms with Gasteiger partial charge in [-0.15, -0.1) is 0 Å². The quantitative estimate of drug-likeness (QED) is 0.773. The molecule has 1 saturated carbocycles. The highest BCUT2D eigenvalue weighted by atomic mass is 16.5. The van der Waals surface area contributed by atoms with Gasteiger partial charge in [0.25, 0.3) is 0 Å². The molecular weight excluding hydrogens is 210 g/mol. The molecule has 0 aliphatic heterocycles. The summed E-state index contributed by atoms with van der Waals surface area (Å²) in [5, 5.41) is 8.72. The average molecular weight is 229 g/mol. The van der Waals surface area contributed by atoms with E-state index in [2.05, 4.69) is 19.9 Å². The molecule has 2 rings (SSSR count). The molecule has 0 aromatic heterocycles. The highest BCUT2D eigenvalue weighted by Crippen LogP contribution is 2.31. The van der Waals surface area contributed by atoms with Gasteiger partial charge in [0.2, 0.25) is 0 Å². The van der Waals surface area contributed by atoms with Crippen molar-refractivity contribution in [2.75, 3.05) is 0 Å². The Bertz CT molecular complexity index is 404. The van der Waals surface area contributed by atoms with E-state index in [1.165, 1.54) is 6.42 Å². The molecule has 0 bridgehead atoms. The lowest BCUT2D eigenvalue weighted by molar-refractivity contribution is 0.101. The van der Waals surface area contributed by atoms with Gasteiger partial charge in [0.1, 0.15) is 5.75 Å². The lowest BCUT2D eigenvalue weighted by Crippen LogP contribution is -2.28. The van der Waals surface area contributed by atoms with E-state index in [0.29, 0.717) is 11.7 Å². The Morgan fingerprint density at radius 3 is 2.41 bits per heavy atom.